The predicted octanol–water partition coefficient (Wildman–Crippen LogP) is 1.35. The lowest BCUT2D eigenvalue weighted by Gasteiger charge is -1.95. The van der Waals surface area contributed by atoms with Crippen LogP contribution in [0.2, 0.25) is 0 Å². The predicted molar refractivity (Wildman–Crippen MR) is 56.6 cm³/mol. The van der Waals surface area contributed by atoms with E-state index in [1.54, 1.807) is 0 Å². The fourth-order valence-corrected chi connectivity index (χ4v) is 2.72. The Kier molecular flexibility index (Phi) is 1.85. The molecule has 0 radical (unpaired) electrons. The zero-order valence-electron chi connectivity index (χ0n) is 8.29. The van der Waals surface area contributed by atoms with Gasteiger partial charge in [0, 0.05) is 18.1 Å². The van der Waals surface area contributed by atoms with Crippen molar-refractivity contribution in [3.8, 4) is 0 Å². The van der Waals surface area contributed by atoms with Gasteiger partial charge in [0.2, 0.25) is 0 Å². The topological polar surface area (TPSA) is 60.9 Å². The Balaban J connectivity index is 2.84. The van der Waals surface area contributed by atoms with Crippen LogP contribution in [0.4, 0.5) is 0 Å². The van der Waals surface area contributed by atoms with Gasteiger partial charge in [-0.25, -0.2) is 0 Å². The molecule has 0 aromatic carbocycles. The van der Waals surface area contributed by atoms with Crippen LogP contribution >= 0.6 is 11.3 Å². The third kappa shape index (κ3) is 1.05. The molecule has 2 N–H and O–H groups in total. The van der Waals surface area contributed by atoms with E-state index in [0.717, 1.165) is 21.5 Å². The highest BCUT2D eigenvalue weighted by molar-refractivity contribution is 7.20. The molecular weight excluding hydrogens is 198 g/mol. The van der Waals surface area contributed by atoms with E-state index in [9.17, 15) is 4.79 Å². The summed E-state index contributed by atoms with van der Waals surface area (Å²) in [7, 11) is 1.89. The fraction of sp³-hybridized carbons (Fsp3) is 0.333. The van der Waals surface area contributed by atoms with Gasteiger partial charge in [0.05, 0.1) is 4.88 Å². The second-order valence-corrected chi connectivity index (χ2v) is 4.31. The summed E-state index contributed by atoms with van der Waals surface area (Å²) < 4.78 is 1.82. The summed E-state index contributed by atoms with van der Waals surface area (Å²) >= 11 is 1.36. The van der Waals surface area contributed by atoms with Gasteiger partial charge in [0.15, 0.2) is 0 Å². The van der Waals surface area contributed by atoms with Crippen molar-refractivity contribution in [1.29, 1.82) is 0 Å². The minimum absolute atomic E-state index is 0.368. The smallest absolute Gasteiger partial charge is 0.259 e. The van der Waals surface area contributed by atoms with Gasteiger partial charge in [-0.15, -0.1) is 11.3 Å². The molecule has 2 rings (SSSR count). The Labute approximate surface area is 85.3 Å². The number of amides is 1. The first kappa shape index (κ1) is 9.21. The molecule has 14 heavy (non-hydrogen) atoms. The van der Waals surface area contributed by atoms with Crippen LogP contribution in [0.15, 0.2) is 0 Å². The lowest BCUT2D eigenvalue weighted by molar-refractivity contribution is 0.100. The van der Waals surface area contributed by atoms with Gasteiger partial charge in [-0.05, 0) is 19.4 Å². The number of rotatable bonds is 1. The van der Waals surface area contributed by atoms with Gasteiger partial charge in [-0.1, -0.05) is 0 Å². The maximum Gasteiger partial charge on any atom is 0.259 e. The van der Waals surface area contributed by atoms with Crippen molar-refractivity contribution in [2.24, 2.45) is 12.8 Å². The zero-order chi connectivity index (χ0) is 10.5. The van der Waals surface area contributed by atoms with Crippen molar-refractivity contribution >= 4 is 27.5 Å². The molecule has 0 aliphatic rings. The molecule has 5 heteroatoms. The number of primary amides is 1. The summed E-state index contributed by atoms with van der Waals surface area (Å²) in [6.45, 7) is 3.90. The maximum atomic E-state index is 11.1. The van der Waals surface area contributed by atoms with E-state index in [1.807, 2.05) is 25.6 Å². The van der Waals surface area contributed by atoms with E-state index < -0.39 is 0 Å². The normalized spacial score (nSPS) is 11.1. The van der Waals surface area contributed by atoms with E-state index in [4.69, 9.17) is 5.73 Å². The van der Waals surface area contributed by atoms with Crippen LogP contribution in [0.3, 0.4) is 0 Å². The minimum atomic E-state index is -0.368. The van der Waals surface area contributed by atoms with E-state index >= 15 is 0 Å². The van der Waals surface area contributed by atoms with Crippen molar-refractivity contribution in [2.45, 2.75) is 13.8 Å². The van der Waals surface area contributed by atoms with Gasteiger partial charge >= 0.3 is 0 Å². The molecule has 0 aliphatic carbocycles. The molecule has 0 bridgehead atoms. The number of aryl methyl sites for hydroxylation is 3. The first-order chi connectivity index (χ1) is 6.52. The first-order valence-electron chi connectivity index (χ1n) is 4.25. The molecule has 0 fully saturated rings. The molecular formula is C9H11N3OS. The molecule has 0 saturated carbocycles. The van der Waals surface area contributed by atoms with Crippen LogP contribution in [0.25, 0.3) is 10.2 Å². The Morgan fingerprint density at radius 3 is 2.64 bits per heavy atom. The van der Waals surface area contributed by atoms with Crippen LogP contribution in [0.5, 0.6) is 0 Å². The van der Waals surface area contributed by atoms with Gasteiger partial charge in [0.25, 0.3) is 5.91 Å². The summed E-state index contributed by atoms with van der Waals surface area (Å²) in [6, 6.07) is 0. The lowest BCUT2D eigenvalue weighted by Crippen LogP contribution is -2.10. The summed E-state index contributed by atoms with van der Waals surface area (Å²) in [5, 5.41) is 5.37. The Morgan fingerprint density at radius 2 is 2.14 bits per heavy atom. The average Bonchev–Trinajstić information content (AvgIpc) is 2.54. The summed E-state index contributed by atoms with van der Waals surface area (Å²) in [5.74, 6) is -0.368. The molecule has 0 spiro atoms. The fourth-order valence-electron chi connectivity index (χ4n) is 1.60. The van der Waals surface area contributed by atoms with Gasteiger partial charge < -0.3 is 5.73 Å². The van der Waals surface area contributed by atoms with Gasteiger partial charge in [0.1, 0.15) is 4.83 Å². The highest BCUT2D eigenvalue weighted by atomic mass is 32.1. The van der Waals surface area contributed by atoms with Crippen molar-refractivity contribution in [3.05, 3.63) is 16.1 Å². The molecule has 4 nitrogen and oxygen atoms in total. The third-order valence-electron chi connectivity index (χ3n) is 2.44. The molecule has 1 amide bonds. The zero-order valence-corrected chi connectivity index (χ0v) is 9.10. The molecule has 2 heterocycles. The molecule has 0 atom stereocenters. The van der Waals surface area contributed by atoms with E-state index in [2.05, 4.69) is 5.10 Å². The van der Waals surface area contributed by atoms with Crippen LogP contribution in [0.1, 0.15) is 20.9 Å². The quantitative estimate of drug-likeness (QED) is 0.770. The van der Waals surface area contributed by atoms with Crippen LogP contribution in [-0.2, 0) is 7.05 Å². The molecule has 0 saturated heterocycles. The largest absolute Gasteiger partial charge is 0.365 e. The second-order valence-electron chi connectivity index (χ2n) is 3.31. The van der Waals surface area contributed by atoms with E-state index in [1.165, 1.54) is 11.3 Å². The molecule has 0 aliphatic heterocycles. The number of hydrogen-bond acceptors (Lipinski definition) is 3. The third-order valence-corrected chi connectivity index (χ3v) is 3.63. The number of fused-ring (bicyclic) bond motifs is 1. The Hall–Kier alpha value is -1.36. The standard InChI is InChI=1S/C9H11N3OS/c1-4-6-5(2)12(3)11-9(6)14-7(4)8(10)13/h1-3H3,(H2,10,13). The van der Waals surface area contributed by atoms with Crippen molar-refractivity contribution in [3.63, 3.8) is 0 Å². The Bertz CT molecular complexity index is 524. The SMILES string of the molecule is Cc1c(C(N)=O)sc2nn(C)c(C)c12. The van der Waals surface area contributed by atoms with Crippen molar-refractivity contribution in [1.82, 2.24) is 9.78 Å². The van der Waals surface area contributed by atoms with Gasteiger partial charge in [-0.3, -0.25) is 9.48 Å². The van der Waals surface area contributed by atoms with Crippen LogP contribution in [-0.4, -0.2) is 15.7 Å². The average molecular weight is 209 g/mol. The summed E-state index contributed by atoms with van der Waals surface area (Å²) in [6.07, 6.45) is 0. The number of aromatic nitrogens is 2. The number of nitrogens with zero attached hydrogens (tertiary/aromatic N) is 2. The van der Waals surface area contributed by atoms with Crippen molar-refractivity contribution in [2.75, 3.05) is 0 Å². The van der Waals surface area contributed by atoms with E-state index in [-0.39, 0.29) is 5.91 Å². The number of carbonyl (C=O) groups excluding carboxylic acids is 1. The minimum Gasteiger partial charge on any atom is -0.365 e. The van der Waals surface area contributed by atoms with Gasteiger partial charge in [-0.2, -0.15) is 5.10 Å². The molecule has 74 valence electrons. The lowest BCUT2D eigenvalue weighted by atomic mass is 10.2. The monoisotopic (exact) mass is 209 g/mol. The Morgan fingerprint density at radius 1 is 1.50 bits per heavy atom. The van der Waals surface area contributed by atoms with Crippen molar-refractivity contribution < 1.29 is 4.79 Å². The molecule has 2 aromatic rings. The molecule has 2 aromatic heterocycles. The number of hydrogen-bond donors (Lipinski definition) is 1. The molecule has 0 unspecified atom stereocenters. The maximum absolute atomic E-state index is 11.1. The highest BCUT2D eigenvalue weighted by Gasteiger charge is 2.17. The second kappa shape index (κ2) is 2.81. The van der Waals surface area contributed by atoms with Crippen LogP contribution < -0.4 is 5.73 Å². The first-order valence-corrected chi connectivity index (χ1v) is 5.06. The summed E-state index contributed by atoms with van der Waals surface area (Å²) in [5.41, 5.74) is 7.28. The number of thiophene rings is 1. The van der Waals surface area contributed by atoms with Crippen LogP contribution in [0, 0.1) is 13.8 Å². The number of nitrogens with two attached hydrogens (primary N) is 1. The highest BCUT2D eigenvalue weighted by Crippen LogP contribution is 2.31. The number of carbonyl (C=O) groups is 1. The summed E-state index contributed by atoms with van der Waals surface area (Å²) in [4.78, 5) is 12.6. The van der Waals surface area contributed by atoms with E-state index in [0.29, 0.717) is 4.88 Å².